The second kappa shape index (κ2) is 10.00. The number of carbonyl (C=O) groups excluding carboxylic acids is 2. The van der Waals surface area contributed by atoms with Crippen LogP contribution >= 0.6 is 0 Å². The van der Waals surface area contributed by atoms with E-state index in [4.69, 9.17) is 0 Å². The zero-order valence-corrected chi connectivity index (χ0v) is 19.3. The summed E-state index contributed by atoms with van der Waals surface area (Å²) in [4.78, 5) is 31.1. The molecule has 3 aromatic rings. The van der Waals surface area contributed by atoms with E-state index in [-0.39, 0.29) is 27.8 Å². The Bertz CT molecular complexity index is 1270. The maximum absolute atomic E-state index is 13.5. The maximum atomic E-state index is 13.5. The standard InChI is InChI=1S/C25H21F6N3O2/c1-14-4-5-16(12-20(14)25(29,30)31)21(23(36)34(2)3)33-22(35)19-13-32-11-10-18(19)15-6-8-17(9-7-15)24(26,27)28/h4-13,21H,1-3H3,(H,33,35)/t21-/m0/s1. The van der Waals surface area contributed by atoms with Gasteiger partial charge in [0.25, 0.3) is 5.91 Å². The summed E-state index contributed by atoms with van der Waals surface area (Å²) in [7, 11) is 2.77. The van der Waals surface area contributed by atoms with Gasteiger partial charge in [-0.3, -0.25) is 14.6 Å². The van der Waals surface area contributed by atoms with Crippen molar-refractivity contribution >= 4 is 11.8 Å². The topological polar surface area (TPSA) is 62.3 Å². The summed E-state index contributed by atoms with van der Waals surface area (Å²) < 4.78 is 79.1. The van der Waals surface area contributed by atoms with Crippen LogP contribution in [-0.2, 0) is 17.1 Å². The number of alkyl halides is 6. The highest BCUT2D eigenvalue weighted by Gasteiger charge is 2.35. The number of aryl methyl sites for hydroxylation is 1. The molecule has 0 fully saturated rings. The van der Waals surface area contributed by atoms with E-state index in [1.165, 1.54) is 57.5 Å². The number of aromatic nitrogens is 1. The number of nitrogens with zero attached hydrogens (tertiary/aromatic N) is 2. The molecule has 11 heteroatoms. The molecule has 1 heterocycles. The third-order valence-electron chi connectivity index (χ3n) is 5.45. The quantitative estimate of drug-likeness (QED) is 0.452. The summed E-state index contributed by atoms with van der Waals surface area (Å²) >= 11 is 0. The summed E-state index contributed by atoms with van der Waals surface area (Å²) in [5, 5.41) is 2.46. The lowest BCUT2D eigenvalue weighted by Gasteiger charge is -2.24. The van der Waals surface area contributed by atoms with Crippen LogP contribution in [0.15, 0.2) is 60.9 Å². The molecular formula is C25H21F6N3O2. The minimum atomic E-state index is -4.67. The molecule has 3 rings (SSSR count). The van der Waals surface area contributed by atoms with Gasteiger partial charge in [-0.2, -0.15) is 26.3 Å². The van der Waals surface area contributed by atoms with E-state index >= 15 is 0 Å². The van der Waals surface area contributed by atoms with Crippen LogP contribution in [0.2, 0.25) is 0 Å². The van der Waals surface area contributed by atoms with Crippen LogP contribution in [0.1, 0.15) is 38.7 Å². The number of benzene rings is 2. The molecule has 0 aliphatic rings. The van der Waals surface area contributed by atoms with E-state index in [2.05, 4.69) is 10.3 Å². The number of likely N-dealkylation sites (N-methyl/N-ethyl adjacent to an activating group) is 1. The molecule has 0 saturated heterocycles. The first kappa shape index (κ1) is 26.7. The molecule has 2 amide bonds. The van der Waals surface area contributed by atoms with Crippen LogP contribution in [0.25, 0.3) is 11.1 Å². The average molecular weight is 509 g/mol. The third kappa shape index (κ3) is 5.84. The lowest BCUT2D eigenvalue weighted by molar-refractivity contribution is -0.138. The molecular weight excluding hydrogens is 488 g/mol. The molecule has 1 aromatic heterocycles. The lowest BCUT2D eigenvalue weighted by Crippen LogP contribution is -2.40. The fraction of sp³-hybridized carbons (Fsp3) is 0.240. The number of hydrogen-bond acceptors (Lipinski definition) is 3. The number of amides is 2. The van der Waals surface area contributed by atoms with Gasteiger partial charge < -0.3 is 10.2 Å². The Balaban J connectivity index is 2.01. The van der Waals surface area contributed by atoms with Crippen molar-refractivity contribution in [2.75, 3.05) is 14.1 Å². The van der Waals surface area contributed by atoms with Crippen molar-refractivity contribution in [2.45, 2.75) is 25.3 Å². The van der Waals surface area contributed by atoms with Gasteiger partial charge in [-0.1, -0.05) is 24.3 Å². The number of carbonyl (C=O) groups is 2. The Morgan fingerprint density at radius 3 is 2.11 bits per heavy atom. The van der Waals surface area contributed by atoms with E-state index in [0.29, 0.717) is 0 Å². The Morgan fingerprint density at radius 2 is 1.56 bits per heavy atom. The highest BCUT2D eigenvalue weighted by molar-refractivity contribution is 6.02. The van der Waals surface area contributed by atoms with Crippen LogP contribution < -0.4 is 5.32 Å². The van der Waals surface area contributed by atoms with Crippen molar-refractivity contribution < 1.29 is 35.9 Å². The lowest BCUT2D eigenvalue weighted by atomic mass is 9.97. The molecule has 2 aromatic carbocycles. The van der Waals surface area contributed by atoms with Crippen molar-refractivity contribution in [3.8, 4) is 11.1 Å². The zero-order valence-electron chi connectivity index (χ0n) is 19.3. The van der Waals surface area contributed by atoms with Crippen molar-refractivity contribution in [1.29, 1.82) is 0 Å². The van der Waals surface area contributed by atoms with Gasteiger partial charge in [0.15, 0.2) is 0 Å². The van der Waals surface area contributed by atoms with Gasteiger partial charge in [0.05, 0.1) is 16.7 Å². The average Bonchev–Trinajstić information content (AvgIpc) is 2.81. The summed E-state index contributed by atoms with van der Waals surface area (Å²) in [6, 6.07) is 7.38. The molecule has 0 unspecified atom stereocenters. The first-order chi connectivity index (χ1) is 16.7. The summed E-state index contributed by atoms with van der Waals surface area (Å²) in [6.45, 7) is 1.28. The van der Waals surface area contributed by atoms with Crippen molar-refractivity contribution in [3.05, 3.63) is 88.7 Å². The highest BCUT2D eigenvalue weighted by Crippen LogP contribution is 2.34. The Kier molecular flexibility index (Phi) is 7.42. The molecule has 0 radical (unpaired) electrons. The molecule has 190 valence electrons. The van der Waals surface area contributed by atoms with E-state index < -0.39 is 41.3 Å². The first-order valence-electron chi connectivity index (χ1n) is 10.5. The van der Waals surface area contributed by atoms with Crippen LogP contribution in [-0.4, -0.2) is 35.8 Å². The van der Waals surface area contributed by atoms with Crippen molar-refractivity contribution in [3.63, 3.8) is 0 Å². The van der Waals surface area contributed by atoms with E-state index in [1.54, 1.807) is 0 Å². The zero-order chi connectivity index (χ0) is 26.8. The minimum Gasteiger partial charge on any atom is -0.347 e. The Hall–Kier alpha value is -3.89. The largest absolute Gasteiger partial charge is 0.416 e. The number of hydrogen-bond donors (Lipinski definition) is 1. The van der Waals surface area contributed by atoms with Gasteiger partial charge in [-0.15, -0.1) is 0 Å². The monoisotopic (exact) mass is 509 g/mol. The smallest absolute Gasteiger partial charge is 0.347 e. The third-order valence-corrected chi connectivity index (χ3v) is 5.45. The maximum Gasteiger partial charge on any atom is 0.416 e. The molecule has 0 spiro atoms. The SMILES string of the molecule is Cc1ccc([C@H](NC(=O)c2cnccc2-c2ccc(C(F)(F)F)cc2)C(=O)N(C)C)cc1C(F)(F)F. The number of pyridine rings is 1. The van der Waals surface area contributed by atoms with Gasteiger partial charge in [-0.05, 0) is 53.4 Å². The van der Waals surface area contributed by atoms with Crippen molar-refractivity contribution in [2.24, 2.45) is 0 Å². The normalized spacial score (nSPS) is 12.7. The Morgan fingerprint density at radius 1 is 0.917 bits per heavy atom. The second-order valence-electron chi connectivity index (χ2n) is 8.21. The molecule has 1 N–H and O–H groups in total. The molecule has 0 saturated carbocycles. The van der Waals surface area contributed by atoms with Gasteiger partial charge in [-0.25, -0.2) is 0 Å². The molecule has 36 heavy (non-hydrogen) atoms. The fourth-order valence-corrected chi connectivity index (χ4v) is 3.55. The summed E-state index contributed by atoms with van der Waals surface area (Å²) in [5.41, 5.74) is -1.52. The van der Waals surface area contributed by atoms with Gasteiger partial charge in [0, 0.05) is 26.5 Å². The van der Waals surface area contributed by atoms with E-state index in [9.17, 15) is 35.9 Å². The molecule has 0 aliphatic heterocycles. The predicted molar refractivity (Wildman–Crippen MR) is 120 cm³/mol. The summed E-state index contributed by atoms with van der Waals surface area (Å²) in [5.74, 6) is -1.52. The molecule has 0 aliphatic carbocycles. The van der Waals surface area contributed by atoms with E-state index in [1.807, 2.05) is 0 Å². The van der Waals surface area contributed by atoms with Gasteiger partial charge in [0.1, 0.15) is 6.04 Å². The predicted octanol–water partition coefficient (Wildman–Crippen LogP) is 5.65. The van der Waals surface area contributed by atoms with Crippen LogP contribution in [0, 0.1) is 6.92 Å². The van der Waals surface area contributed by atoms with Gasteiger partial charge >= 0.3 is 12.4 Å². The fourth-order valence-electron chi connectivity index (χ4n) is 3.55. The number of halogens is 6. The summed E-state index contributed by atoms with van der Waals surface area (Å²) in [6.07, 6.45) is -6.72. The highest BCUT2D eigenvalue weighted by atomic mass is 19.4. The molecule has 1 atom stereocenters. The number of rotatable bonds is 5. The molecule has 5 nitrogen and oxygen atoms in total. The van der Waals surface area contributed by atoms with E-state index in [0.717, 1.165) is 29.3 Å². The second-order valence-corrected chi connectivity index (χ2v) is 8.21. The van der Waals surface area contributed by atoms with Crippen LogP contribution in [0.4, 0.5) is 26.3 Å². The van der Waals surface area contributed by atoms with Crippen molar-refractivity contribution in [1.82, 2.24) is 15.2 Å². The number of nitrogens with one attached hydrogen (secondary N) is 1. The Labute approximate surface area is 202 Å². The van der Waals surface area contributed by atoms with Gasteiger partial charge in [0.2, 0.25) is 5.91 Å². The van der Waals surface area contributed by atoms with Crippen LogP contribution in [0.3, 0.4) is 0 Å². The molecule has 0 bridgehead atoms. The first-order valence-corrected chi connectivity index (χ1v) is 10.5. The minimum absolute atomic E-state index is 0.0505. The van der Waals surface area contributed by atoms with Crippen LogP contribution in [0.5, 0.6) is 0 Å².